The number of piperazine rings is 1. The van der Waals surface area contributed by atoms with E-state index in [-0.39, 0.29) is 41.9 Å². The van der Waals surface area contributed by atoms with Crippen molar-refractivity contribution in [1.82, 2.24) is 20.4 Å². The number of hydrogen-bond acceptors (Lipinski definition) is 6. The van der Waals surface area contributed by atoms with Gasteiger partial charge in [0, 0.05) is 19.6 Å². The van der Waals surface area contributed by atoms with Gasteiger partial charge in [0.15, 0.2) is 5.82 Å². The van der Waals surface area contributed by atoms with Crippen LogP contribution in [-0.2, 0) is 5.75 Å². The highest BCUT2D eigenvalue weighted by molar-refractivity contribution is 7.99. The third-order valence-electron chi connectivity index (χ3n) is 2.65. The molecule has 0 radical (unpaired) electrons. The first kappa shape index (κ1) is 16.5. The number of nitrogens with zero attached hydrogens (tertiary/aromatic N) is 3. The summed E-state index contributed by atoms with van der Waals surface area (Å²) in [5.74, 6) is 0.0918. The van der Waals surface area contributed by atoms with Crippen LogP contribution in [0.25, 0.3) is 0 Å². The maximum atomic E-state index is 12.0. The molecule has 2 rings (SSSR count). The highest BCUT2D eigenvalue weighted by atomic mass is 35.5. The third-order valence-corrected chi connectivity index (χ3v) is 3.37. The largest absolute Gasteiger partial charge is 0.442 e. The van der Waals surface area contributed by atoms with Crippen LogP contribution in [0.15, 0.2) is 4.52 Å². The van der Waals surface area contributed by atoms with Crippen molar-refractivity contribution in [2.24, 2.45) is 0 Å². The standard InChI is InChI=1S/C9H13F3N4OS.ClH/c1-16-3-2-13-4-6(16)8-14-7(17-15-8)5-18-9(10,11)12;/h6,13H,2-5H2,1H3;1H. The molecule has 0 amide bonds. The van der Waals surface area contributed by atoms with Gasteiger partial charge in [-0.3, -0.25) is 4.90 Å². The first-order valence-electron chi connectivity index (χ1n) is 5.40. The van der Waals surface area contributed by atoms with Crippen LogP contribution in [0.1, 0.15) is 17.8 Å². The van der Waals surface area contributed by atoms with Crippen LogP contribution < -0.4 is 5.32 Å². The van der Waals surface area contributed by atoms with Gasteiger partial charge in [-0.15, -0.1) is 12.4 Å². The molecule has 110 valence electrons. The quantitative estimate of drug-likeness (QED) is 0.917. The smallest absolute Gasteiger partial charge is 0.338 e. The molecular formula is C9H14ClF3N4OS. The fourth-order valence-electron chi connectivity index (χ4n) is 1.70. The fraction of sp³-hybridized carbons (Fsp3) is 0.778. The zero-order chi connectivity index (χ0) is 13.2. The van der Waals surface area contributed by atoms with Gasteiger partial charge in [-0.1, -0.05) is 5.16 Å². The van der Waals surface area contributed by atoms with Gasteiger partial charge < -0.3 is 9.84 Å². The Kier molecular flexibility index (Phi) is 5.90. The van der Waals surface area contributed by atoms with Crippen LogP contribution >= 0.6 is 24.2 Å². The molecule has 1 aliphatic rings. The van der Waals surface area contributed by atoms with E-state index < -0.39 is 5.51 Å². The van der Waals surface area contributed by atoms with Crippen LogP contribution in [0.2, 0.25) is 0 Å². The average Bonchev–Trinajstić information content (AvgIpc) is 2.75. The Morgan fingerprint density at radius 1 is 1.53 bits per heavy atom. The number of nitrogens with one attached hydrogen (secondary N) is 1. The zero-order valence-electron chi connectivity index (χ0n) is 10.1. The van der Waals surface area contributed by atoms with E-state index in [1.165, 1.54) is 0 Å². The lowest BCUT2D eigenvalue weighted by Crippen LogP contribution is -2.44. The van der Waals surface area contributed by atoms with E-state index in [4.69, 9.17) is 4.52 Å². The normalized spacial score (nSPS) is 21.2. The molecule has 1 fully saturated rings. The summed E-state index contributed by atoms with van der Waals surface area (Å²) >= 11 is -0.178. The van der Waals surface area contributed by atoms with Crippen molar-refractivity contribution in [3.8, 4) is 0 Å². The summed E-state index contributed by atoms with van der Waals surface area (Å²) in [5, 5.41) is 6.92. The number of halogens is 4. The first-order valence-corrected chi connectivity index (χ1v) is 6.38. The number of likely N-dealkylation sites (N-methyl/N-ethyl adjacent to an activating group) is 1. The van der Waals surface area contributed by atoms with E-state index in [2.05, 4.69) is 15.5 Å². The predicted molar refractivity (Wildman–Crippen MR) is 67.1 cm³/mol. The van der Waals surface area contributed by atoms with Crippen LogP contribution in [0.4, 0.5) is 13.2 Å². The monoisotopic (exact) mass is 318 g/mol. The molecular weight excluding hydrogens is 305 g/mol. The van der Waals surface area contributed by atoms with E-state index >= 15 is 0 Å². The van der Waals surface area contributed by atoms with Crippen LogP contribution in [-0.4, -0.2) is 47.2 Å². The lowest BCUT2D eigenvalue weighted by atomic mass is 10.2. The molecule has 0 spiro atoms. The van der Waals surface area contributed by atoms with Crippen LogP contribution in [0.3, 0.4) is 0 Å². The molecule has 1 aliphatic heterocycles. The van der Waals surface area contributed by atoms with Crippen molar-refractivity contribution < 1.29 is 17.7 Å². The van der Waals surface area contributed by atoms with E-state index in [0.717, 1.165) is 13.1 Å². The first-order chi connectivity index (χ1) is 8.46. The Balaban J connectivity index is 0.00000180. The summed E-state index contributed by atoms with van der Waals surface area (Å²) < 4.78 is 40.9. The highest BCUT2D eigenvalue weighted by Gasteiger charge is 2.30. The van der Waals surface area contributed by atoms with Crippen molar-refractivity contribution in [2.75, 3.05) is 26.7 Å². The minimum atomic E-state index is -4.28. The molecule has 0 aromatic carbocycles. The second kappa shape index (κ2) is 6.78. The minimum absolute atomic E-state index is 0. The molecule has 1 aromatic heterocycles. The summed E-state index contributed by atoms with van der Waals surface area (Å²) in [6, 6.07) is -0.0489. The zero-order valence-corrected chi connectivity index (χ0v) is 11.7. The summed E-state index contributed by atoms with van der Waals surface area (Å²) in [4.78, 5) is 6.05. The maximum Gasteiger partial charge on any atom is 0.442 e. The molecule has 5 nitrogen and oxygen atoms in total. The number of aromatic nitrogens is 2. The SMILES string of the molecule is CN1CCNCC1c1noc(CSC(F)(F)F)n1.Cl. The lowest BCUT2D eigenvalue weighted by Gasteiger charge is -2.30. The molecule has 1 aromatic rings. The number of thioether (sulfide) groups is 1. The molecule has 0 saturated carbocycles. The van der Waals surface area contributed by atoms with E-state index in [1.807, 2.05) is 11.9 Å². The van der Waals surface area contributed by atoms with Crippen molar-refractivity contribution in [3.05, 3.63) is 11.7 Å². The van der Waals surface area contributed by atoms with Gasteiger partial charge in [0.2, 0.25) is 5.89 Å². The van der Waals surface area contributed by atoms with Gasteiger partial charge in [0.05, 0.1) is 11.8 Å². The number of hydrogen-bond donors (Lipinski definition) is 1. The molecule has 1 unspecified atom stereocenters. The second-order valence-electron chi connectivity index (χ2n) is 3.98. The molecule has 19 heavy (non-hydrogen) atoms. The number of alkyl halides is 3. The van der Waals surface area contributed by atoms with Crippen molar-refractivity contribution >= 4 is 24.2 Å². The number of rotatable bonds is 3. The van der Waals surface area contributed by atoms with E-state index in [1.54, 1.807) is 0 Å². The maximum absolute atomic E-state index is 12.0. The molecule has 10 heteroatoms. The van der Waals surface area contributed by atoms with Gasteiger partial charge in [0.1, 0.15) is 0 Å². The molecule has 1 N–H and O–H groups in total. The van der Waals surface area contributed by atoms with Gasteiger partial charge in [-0.25, -0.2) is 0 Å². The van der Waals surface area contributed by atoms with Gasteiger partial charge >= 0.3 is 5.51 Å². The van der Waals surface area contributed by atoms with Gasteiger partial charge in [0.25, 0.3) is 0 Å². The summed E-state index contributed by atoms with van der Waals surface area (Å²) in [6.45, 7) is 2.38. The summed E-state index contributed by atoms with van der Waals surface area (Å²) in [5.41, 5.74) is -4.28. The topological polar surface area (TPSA) is 54.2 Å². The average molecular weight is 319 g/mol. The Morgan fingerprint density at radius 2 is 2.26 bits per heavy atom. The Labute approximate surface area is 118 Å². The summed E-state index contributed by atoms with van der Waals surface area (Å²) in [7, 11) is 1.92. The lowest BCUT2D eigenvalue weighted by molar-refractivity contribution is -0.0330. The highest BCUT2D eigenvalue weighted by Crippen LogP contribution is 2.32. The molecule has 2 heterocycles. The van der Waals surface area contributed by atoms with Crippen molar-refractivity contribution in [2.45, 2.75) is 17.3 Å². The van der Waals surface area contributed by atoms with Crippen molar-refractivity contribution in [3.63, 3.8) is 0 Å². The van der Waals surface area contributed by atoms with Crippen LogP contribution in [0.5, 0.6) is 0 Å². The molecule has 0 bridgehead atoms. The van der Waals surface area contributed by atoms with Crippen molar-refractivity contribution in [1.29, 1.82) is 0 Å². The molecule has 0 aliphatic carbocycles. The van der Waals surface area contributed by atoms with Crippen LogP contribution in [0, 0.1) is 0 Å². The fourth-order valence-corrected chi connectivity index (χ4v) is 2.10. The van der Waals surface area contributed by atoms with Gasteiger partial charge in [-0.05, 0) is 18.8 Å². The predicted octanol–water partition coefficient (Wildman–Crippen LogP) is 1.82. The van der Waals surface area contributed by atoms with Gasteiger partial charge in [-0.2, -0.15) is 18.2 Å². The Bertz CT molecular complexity index is 403. The van der Waals surface area contributed by atoms with E-state index in [9.17, 15) is 13.2 Å². The Morgan fingerprint density at radius 3 is 2.89 bits per heavy atom. The molecule has 1 atom stereocenters. The third kappa shape index (κ3) is 4.83. The Hall–Kier alpha value is -0.510. The minimum Gasteiger partial charge on any atom is -0.338 e. The van der Waals surface area contributed by atoms with E-state index in [0.29, 0.717) is 12.4 Å². The molecule has 1 saturated heterocycles. The summed E-state index contributed by atoms with van der Waals surface area (Å²) in [6.07, 6.45) is 0. The second-order valence-corrected chi connectivity index (χ2v) is 5.02.